The molecule has 1 aromatic carbocycles. The Kier molecular flexibility index (Phi) is 4.02. The highest BCUT2D eigenvalue weighted by Gasteiger charge is 2.43. The molecular weight excluding hydrogens is 309 g/mol. The third-order valence-corrected chi connectivity index (χ3v) is 3.66. The van der Waals surface area contributed by atoms with E-state index in [-0.39, 0.29) is 16.2 Å². The predicted octanol–water partition coefficient (Wildman–Crippen LogP) is 4.33. The lowest BCUT2D eigenvalue weighted by atomic mass is 10.1. The Hall–Kier alpha value is -1.58. The first-order valence-corrected chi connectivity index (χ1v) is 6.96. The van der Waals surface area contributed by atoms with Crippen molar-refractivity contribution in [2.24, 2.45) is 0 Å². The number of nitriles is 1. The summed E-state index contributed by atoms with van der Waals surface area (Å²) in [6.45, 7) is 0. The SMILES string of the molecule is CSC1=C(C(F)(F)F)[N]C(c2ccc(Cl)cc2)=C1C#N. The zero-order valence-corrected chi connectivity index (χ0v) is 11.7. The van der Waals surface area contributed by atoms with Crippen LogP contribution in [0.25, 0.3) is 5.70 Å². The first-order valence-electron chi connectivity index (χ1n) is 5.36. The van der Waals surface area contributed by atoms with Crippen LogP contribution in [0.5, 0.6) is 0 Å². The van der Waals surface area contributed by atoms with Gasteiger partial charge in [0.2, 0.25) is 0 Å². The maximum absolute atomic E-state index is 12.9. The molecule has 0 unspecified atom stereocenters. The summed E-state index contributed by atoms with van der Waals surface area (Å²) in [5, 5.41) is 13.2. The van der Waals surface area contributed by atoms with Gasteiger partial charge in [0, 0.05) is 10.6 Å². The minimum Gasteiger partial charge on any atom is -0.241 e. The molecule has 0 aliphatic carbocycles. The first kappa shape index (κ1) is 14.8. The molecule has 0 amide bonds. The van der Waals surface area contributed by atoms with Crippen molar-refractivity contribution in [2.75, 3.05) is 6.26 Å². The van der Waals surface area contributed by atoms with Crippen molar-refractivity contribution in [1.29, 1.82) is 5.26 Å². The fraction of sp³-hybridized carbons (Fsp3) is 0.154. The van der Waals surface area contributed by atoms with E-state index in [1.165, 1.54) is 18.4 Å². The van der Waals surface area contributed by atoms with Crippen molar-refractivity contribution >= 4 is 29.1 Å². The van der Waals surface area contributed by atoms with Gasteiger partial charge in [0.1, 0.15) is 6.07 Å². The predicted molar refractivity (Wildman–Crippen MR) is 72.7 cm³/mol. The van der Waals surface area contributed by atoms with E-state index in [0.29, 0.717) is 10.6 Å². The Bertz CT molecular complexity index is 639. The number of halogens is 4. The van der Waals surface area contributed by atoms with Crippen molar-refractivity contribution < 1.29 is 13.2 Å². The number of hydrogen-bond acceptors (Lipinski definition) is 2. The van der Waals surface area contributed by atoms with E-state index >= 15 is 0 Å². The van der Waals surface area contributed by atoms with Gasteiger partial charge in [-0.15, -0.1) is 11.8 Å². The number of allylic oxidation sites excluding steroid dienone is 2. The molecule has 7 heteroatoms. The van der Waals surface area contributed by atoms with Gasteiger partial charge in [-0.25, -0.2) is 5.32 Å². The molecule has 2 nitrogen and oxygen atoms in total. The maximum atomic E-state index is 12.9. The summed E-state index contributed by atoms with van der Waals surface area (Å²) in [7, 11) is 0. The molecule has 0 aromatic heterocycles. The highest BCUT2D eigenvalue weighted by Crippen LogP contribution is 2.43. The summed E-state index contributed by atoms with van der Waals surface area (Å²) in [6.07, 6.45) is -3.10. The molecule has 0 spiro atoms. The summed E-state index contributed by atoms with van der Waals surface area (Å²) >= 11 is 6.60. The largest absolute Gasteiger partial charge is 0.434 e. The number of hydrogen-bond donors (Lipinski definition) is 0. The van der Waals surface area contributed by atoms with Gasteiger partial charge in [-0.05, 0) is 18.4 Å². The maximum Gasteiger partial charge on any atom is 0.434 e. The minimum atomic E-state index is -4.59. The average Bonchev–Trinajstić information content (AvgIpc) is 2.77. The Morgan fingerprint density at radius 1 is 1.25 bits per heavy atom. The highest BCUT2D eigenvalue weighted by molar-refractivity contribution is 8.02. The van der Waals surface area contributed by atoms with Crippen LogP contribution in [0, 0.1) is 11.3 Å². The van der Waals surface area contributed by atoms with Gasteiger partial charge < -0.3 is 0 Å². The molecule has 20 heavy (non-hydrogen) atoms. The molecule has 0 saturated carbocycles. The highest BCUT2D eigenvalue weighted by atomic mass is 35.5. The molecule has 0 saturated heterocycles. The number of alkyl halides is 3. The molecule has 0 fully saturated rings. The summed E-state index contributed by atoms with van der Waals surface area (Å²) in [6, 6.07) is 7.96. The fourth-order valence-corrected chi connectivity index (χ4v) is 2.58. The standard InChI is InChI=1S/C13H7ClF3N2S/c1-20-11-9(6-18)10(19-12(11)13(15,16)17)7-2-4-8(14)5-3-7/h2-5H,1H3. The van der Waals surface area contributed by atoms with Gasteiger partial charge in [0.05, 0.1) is 16.2 Å². The normalized spacial score (nSPS) is 15.4. The Balaban J connectivity index is 2.52. The average molecular weight is 316 g/mol. The van der Waals surface area contributed by atoms with Crippen LogP contribution >= 0.6 is 23.4 Å². The minimum absolute atomic E-state index is 0.0286. The molecule has 103 valence electrons. The zero-order chi connectivity index (χ0) is 14.9. The number of rotatable bonds is 2. The molecule has 0 atom stereocenters. The van der Waals surface area contributed by atoms with Crippen LogP contribution in [-0.2, 0) is 0 Å². The van der Waals surface area contributed by atoms with Crippen LogP contribution in [0.1, 0.15) is 5.56 Å². The van der Waals surface area contributed by atoms with Crippen molar-refractivity contribution in [3.63, 3.8) is 0 Å². The van der Waals surface area contributed by atoms with Crippen molar-refractivity contribution in [3.8, 4) is 6.07 Å². The molecule has 1 radical (unpaired) electrons. The summed E-state index contributed by atoms with van der Waals surface area (Å²) in [5.41, 5.74) is -0.628. The Morgan fingerprint density at radius 3 is 2.30 bits per heavy atom. The monoisotopic (exact) mass is 315 g/mol. The first-order chi connectivity index (χ1) is 9.38. The number of benzene rings is 1. The second-order valence-electron chi connectivity index (χ2n) is 3.83. The lowest BCUT2D eigenvalue weighted by Gasteiger charge is -2.09. The van der Waals surface area contributed by atoms with Crippen LogP contribution in [-0.4, -0.2) is 12.4 Å². The molecule has 1 heterocycles. The van der Waals surface area contributed by atoms with Crippen molar-refractivity contribution in [2.45, 2.75) is 6.18 Å². The van der Waals surface area contributed by atoms with Gasteiger partial charge >= 0.3 is 6.18 Å². The summed E-state index contributed by atoms with van der Waals surface area (Å²) in [4.78, 5) is -0.148. The number of nitrogens with zero attached hydrogens (tertiary/aromatic N) is 2. The van der Waals surface area contributed by atoms with E-state index in [2.05, 4.69) is 5.32 Å². The van der Waals surface area contributed by atoms with Gasteiger partial charge in [-0.2, -0.15) is 18.4 Å². The molecule has 0 N–H and O–H groups in total. The Labute approximate surface area is 122 Å². The third kappa shape index (κ3) is 2.65. The lowest BCUT2D eigenvalue weighted by Crippen LogP contribution is -2.18. The molecule has 2 rings (SSSR count). The van der Waals surface area contributed by atoms with Crippen LogP contribution in [0.4, 0.5) is 13.2 Å². The quantitative estimate of drug-likeness (QED) is 0.814. The smallest absolute Gasteiger partial charge is 0.241 e. The fourth-order valence-electron chi connectivity index (χ4n) is 1.76. The lowest BCUT2D eigenvalue weighted by molar-refractivity contribution is -0.0953. The number of thioether (sulfide) groups is 1. The van der Waals surface area contributed by atoms with E-state index in [1.54, 1.807) is 18.2 Å². The van der Waals surface area contributed by atoms with Gasteiger partial charge in [0.25, 0.3) is 0 Å². The third-order valence-electron chi connectivity index (χ3n) is 2.60. The second kappa shape index (κ2) is 5.43. The van der Waals surface area contributed by atoms with E-state index in [0.717, 1.165) is 11.8 Å². The molecule has 1 aliphatic rings. The Morgan fingerprint density at radius 2 is 1.85 bits per heavy atom. The molecule has 0 bridgehead atoms. The van der Waals surface area contributed by atoms with Crippen LogP contribution in [0.15, 0.2) is 40.4 Å². The van der Waals surface area contributed by atoms with E-state index < -0.39 is 11.9 Å². The van der Waals surface area contributed by atoms with Crippen LogP contribution in [0.3, 0.4) is 0 Å². The molecule has 1 aromatic rings. The van der Waals surface area contributed by atoms with E-state index in [4.69, 9.17) is 16.9 Å². The zero-order valence-electron chi connectivity index (χ0n) is 10.1. The van der Waals surface area contributed by atoms with Gasteiger partial charge in [0.15, 0.2) is 5.70 Å². The molecular formula is C13H7ClF3N2S. The van der Waals surface area contributed by atoms with Crippen LogP contribution < -0.4 is 5.32 Å². The van der Waals surface area contributed by atoms with Gasteiger partial charge in [-0.1, -0.05) is 23.7 Å². The molecule has 1 aliphatic heterocycles. The van der Waals surface area contributed by atoms with Crippen molar-refractivity contribution in [3.05, 3.63) is 51.0 Å². The topological polar surface area (TPSA) is 37.9 Å². The second-order valence-corrected chi connectivity index (χ2v) is 5.09. The van der Waals surface area contributed by atoms with Crippen LogP contribution in [0.2, 0.25) is 5.02 Å². The van der Waals surface area contributed by atoms with E-state index in [1.807, 2.05) is 0 Å². The van der Waals surface area contributed by atoms with Crippen molar-refractivity contribution in [1.82, 2.24) is 5.32 Å². The van der Waals surface area contributed by atoms with E-state index in [9.17, 15) is 13.2 Å². The summed E-state index contributed by atoms with van der Waals surface area (Å²) < 4.78 is 38.8. The summed E-state index contributed by atoms with van der Waals surface area (Å²) in [5.74, 6) is 0. The van der Waals surface area contributed by atoms with Gasteiger partial charge in [-0.3, -0.25) is 0 Å².